The molecule has 0 radical (unpaired) electrons. The van der Waals surface area contributed by atoms with Gasteiger partial charge in [-0.05, 0) is 17.7 Å². The van der Waals surface area contributed by atoms with Crippen LogP contribution < -0.4 is 5.32 Å². The molecule has 6 heteroatoms. The maximum absolute atomic E-state index is 13.2. The van der Waals surface area contributed by atoms with Crippen LogP contribution in [0.2, 0.25) is 0 Å². The fraction of sp³-hybridized carbons (Fsp3) is 0.462. The van der Waals surface area contributed by atoms with Crippen LogP contribution in [0.15, 0.2) is 24.3 Å². The third-order valence-corrected chi connectivity index (χ3v) is 3.11. The van der Waals surface area contributed by atoms with Gasteiger partial charge >= 0.3 is 0 Å². The van der Waals surface area contributed by atoms with Gasteiger partial charge in [0.2, 0.25) is 0 Å². The van der Waals surface area contributed by atoms with E-state index in [1.165, 1.54) is 12.1 Å². The predicted molar refractivity (Wildman–Crippen MR) is 78.3 cm³/mol. The standard InChI is InChI=1S/C13H16FN3.2ClH/c14-12-3-1-2-11(10-12)13(4-5-15)17-8-6-16-7-9-17;;/h1-3,10,13,16H,4,6-9H2;2*1H/t13-;;/m1../s1. The Morgan fingerprint density at radius 1 is 1.32 bits per heavy atom. The smallest absolute Gasteiger partial charge is 0.123 e. The Balaban J connectivity index is 0.00000162. The van der Waals surface area contributed by atoms with Gasteiger partial charge in [0.1, 0.15) is 5.82 Å². The lowest BCUT2D eigenvalue weighted by atomic mass is 10.0. The molecular weight excluding hydrogens is 288 g/mol. The molecule has 0 aromatic heterocycles. The summed E-state index contributed by atoms with van der Waals surface area (Å²) in [5.74, 6) is -0.236. The van der Waals surface area contributed by atoms with Crippen molar-refractivity contribution in [2.75, 3.05) is 26.2 Å². The summed E-state index contributed by atoms with van der Waals surface area (Å²) >= 11 is 0. The van der Waals surface area contributed by atoms with Crippen LogP contribution in [-0.4, -0.2) is 31.1 Å². The second kappa shape index (κ2) is 9.11. The van der Waals surface area contributed by atoms with Crippen molar-refractivity contribution in [1.82, 2.24) is 10.2 Å². The Morgan fingerprint density at radius 3 is 2.58 bits per heavy atom. The van der Waals surface area contributed by atoms with Crippen molar-refractivity contribution in [3.63, 3.8) is 0 Å². The minimum atomic E-state index is -0.236. The van der Waals surface area contributed by atoms with Gasteiger partial charge in [-0.15, -0.1) is 24.8 Å². The topological polar surface area (TPSA) is 39.1 Å². The first-order valence-electron chi connectivity index (χ1n) is 5.88. The maximum atomic E-state index is 13.2. The lowest BCUT2D eigenvalue weighted by molar-refractivity contribution is 0.175. The zero-order chi connectivity index (χ0) is 12.1. The number of nitrogens with zero attached hydrogens (tertiary/aromatic N) is 2. The van der Waals surface area contributed by atoms with Crippen LogP contribution in [0.3, 0.4) is 0 Å². The molecule has 1 aliphatic rings. The highest BCUT2D eigenvalue weighted by Gasteiger charge is 2.21. The molecule has 0 amide bonds. The summed E-state index contributed by atoms with van der Waals surface area (Å²) in [5, 5.41) is 12.2. The SMILES string of the molecule is Cl.Cl.N#CC[C@H](c1cccc(F)c1)N1CCNCC1. The van der Waals surface area contributed by atoms with Crippen LogP contribution in [0.1, 0.15) is 18.0 Å². The van der Waals surface area contributed by atoms with Gasteiger partial charge in [0.25, 0.3) is 0 Å². The van der Waals surface area contributed by atoms with Gasteiger partial charge in [-0.25, -0.2) is 4.39 Å². The first-order chi connectivity index (χ1) is 8.31. The molecule has 19 heavy (non-hydrogen) atoms. The van der Waals surface area contributed by atoms with Crippen molar-refractivity contribution >= 4 is 24.8 Å². The molecule has 0 aliphatic carbocycles. The summed E-state index contributed by atoms with van der Waals surface area (Å²) in [4.78, 5) is 2.24. The summed E-state index contributed by atoms with van der Waals surface area (Å²) in [7, 11) is 0. The Morgan fingerprint density at radius 2 is 2.00 bits per heavy atom. The first kappa shape index (κ1) is 18.1. The average Bonchev–Trinajstić information content (AvgIpc) is 2.37. The molecule has 2 rings (SSSR count). The number of halogens is 3. The van der Waals surface area contributed by atoms with E-state index >= 15 is 0 Å². The molecule has 1 aliphatic heterocycles. The molecule has 1 fully saturated rings. The maximum Gasteiger partial charge on any atom is 0.123 e. The molecule has 1 atom stereocenters. The van der Waals surface area contributed by atoms with E-state index in [2.05, 4.69) is 16.3 Å². The fourth-order valence-corrected chi connectivity index (χ4v) is 2.25. The molecule has 106 valence electrons. The largest absolute Gasteiger partial charge is 0.314 e. The third kappa shape index (κ3) is 4.96. The predicted octanol–water partition coefficient (Wildman–Crippen LogP) is 2.53. The quantitative estimate of drug-likeness (QED) is 0.933. The van der Waals surface area contributed by atoms with Crippen LogP contribution >= 0.6 is 24.8 Å². The molecule has 1 N–H and O–H groups in total. The molecule has 3 nitrogen and oxygen atoms in total. The highest BCUT2D eigenvalue weighted by molar-refractivity contribution is 5.85. The van der Waals surface area contributed by atoms with Crippen LogP contribution in [0.5, 0.6) is 0 Å². The highest BCUT2D eigenvalue weighted by Crippen LogP contribution is 2.24. The Kier molecular flexibility index (Phi) is 8.70. The van der Waals surface area contributed by atoms with Crippen molar-refractivity contribution in [1.29, 1.82) is 5.26 Å². The molecule has 1 aromatic carbocycles. The van der Waals surface area contributed by atoms with Crippen molar-refractivity contribution in [2.45, 2.75) is 12.5 Å². The van der Waals surface area contributed by atoms with E-state index in [1.807, 2.05) is 6.07 Å². The van der Waals surface area contributed by atoms with E-state index in [9.17, 15) is 4.39 Å². The van der Waals surface area contributed by atoms with Crippen LogP contribution in [0.25, 0.3) is 0 Å². The molecular formula is C13H18Cl2FN3. The fourth-order valence-electron chi connectivity index (χ4n) is 2.25. The van der Waals surface area contributed by atoms with Crippen molar-refractivity contribution in [3.05, 3.63) is 35.6 Å². The number of rotatable bonds is 3. The lowest BCUT2D eigenvalue weighted by Gasteiger charge is -2.34. The van der Waals surface area contributed by atoms with Crippen LogP contribution in [-0.2, 0) is 0 Å². The van der Waals surface area contributed by atoms with Gasteiger partial charge in [0.15, 0.2) is 0 Å². The minimum absolute atomic E-state index is 0. The van der Waals surface area contributed by atoms with Gasteiger partial charge in [-0.1, -0.05) is 12.1 Å². The summed E-state index contributed by atoms with van der Waals surface area (Å²) < 4.78 is 13.2. The summed E-state index contributed by atoms with van der Waals surface area (Å²) in [6, 6.07) is 8.78. The van der Waals surface area contributed by atoms with E-state index < -0.39 is 0 Å². The second-order valence-electron chi connectivity index (χ2n) is 4.22. The molecule has 0 spiro atoms. The van der Waals surface area contributed by atoms with Crippen LogP contribution in [0, 0.1) is 17.1 Å². The number of hydrogen-bond donors (Lipinski definition) is 1. The molecule has 1 saturated heterocycles. The van der Waals surface area contributed by atoms with E-state index in [4.69, 9.17) is 5.26 Å². The number of nitriles is 1. The molecule has 0 bridgehead atoms. The van der Waals surface area contributed by atoms with E-state index in [-0.39, 0.29) is 36.7 Å². The number of benzene rings is 1. The lowest BCUT2D eigenvalue weighted by Crippen LogP contribution is -2.45. The van der Waals surface area contributed by atoms with E-state index in [0.29, 0.717) is 6.42 Å². The zero-order valence-electron chi connectivity index (χ0n) is 10.5. The number of piperazine rings is 1. The third-order valence-electron chi connectivity index (χ3n) is 3.11. The Labute approximate surface area is 125 Å². The van der Waals surface area contributed by atoms with Gasteiger partial charge in [-0.2, -0.15) is 5.26 Å². The van der Waals surface area contributed by atoms with Gasteiger partial charge in [0, 0.05) is 32.2 Å². The van der Waals surface area contributed by atoms with E-state index in [0.717, 1.165) is 31.7 Å². The highest BCUT2D eigenvalue weighted by atomic mass is 35.5. The van der Waals surface area contributed by atoms with Gasteiger partial charge < -0.3 is 5.32 Å². The van der Waals surface area contributed by atoms with Crippen molar-refractivity contribution in [3.8, 4) is 6.07 Å². The molecule has 1 heterocycles. The number of hydrogen-bond acceptors (Lipinski definition) is 3. The molecule has 0 saturated carbocycles. The second-order valence-corrected chi connectivity index (χ2v) is 4.22. The normalized spacial score (nSPS) is 16.6. The zero-order valence-corrected chi connectivity index (χ0v) is 12.1. The summed E-state index contributed by atoms with van der Waals surface area (Å²) in [5.41, 5.74) is 0.897. The average molecular weight is 306 g/mol. The van der Waals surface area contributed by atoms with Gasteiger partial charge in [0.05, 0.1) is 12.5 Å². The molecule has 0 unspecified atom stereocenters. The van der Waals surface area contributed by atoms with Gasteiger partial charge in [-0.3, -0.25) is 4.90 Å². The number of nitrogens with one attached hydrogen (secondary N) is 1. The van der Waals surface area contributed by atoms with Crippen molar-refractivity contribution in [2.24, 2.45) is 0 Å². The van der Waals surface area contributed by atoms with Crippen LogP contribution in [0.4, 0.5) is 4.39 Å². The summed E-state index contributed by atoms with van der Waals surface area (Å²) in [6.45, 7) is 3.67. The first-order valence-corrected chi connectivity index (χ1v) is 5.88. The summed E-state index contributed by atoms with van der Waals surface area (Å²) in [6.07, 6.45) is 0.406. The Bertz CT molecular complexity index is 417. The molecule has 1 aromatic rings. The van der Waals surface area contributed by atoms with Crippen molar-refractivity contribution < 1.29 is 4.39 Å². The minimum Gasteiger partial charge on any atom is -0.314 e. The Hall–Kier alpha value is -0.860. The van der Waals surface area contributed by atoms with E-state index in [1.54, 1.807) is 6.07 Å². The monoisotopic (exact) mass is 305 g/mol.